The number of benzene rings is 3. The lowest BCUT2D eigenvalue weighted by Gasteiger charge is -2.11. The fraction of sp³-hybridized carbons (Fsp3) is 0.208. The van der Waals surface area contributed by atoms with Gasteiger partial charge in [0.1, 0.15) is 24.7 Å². The molecule has 0 saturated carbocycles. The van der Waals surface area contributed by atoms with E-state index in [-0.39, 0.29) is 12.5 Å². The van der Waals surface area contributed by atoms with Crippen molar-refractivity contribution in [2.24, 2.45) is 0 Å². The van der Waals surface area contributed by atoms with Gasteiger partial charge in [-0.3, -0.25) is 4.79 Å². The van der Waals surface area contributed by atoms with Crippen LogP contribution in [0, 0.1) is 0 Å². The quantitative estimate of drug-likeness (QED) is 0.464. The van der Waals surface area contributed by atoms with Crippen molar-refractivity contribution in [3.8, 4) is 11.5 Å². The molecule has 0 aliphatic carbocycles. The van der Waals surface area contributed by atoms with Gasteiger partial charge in [0.25, 0.3) is 0 Å². The van der Waals surface area contributed by atoms with Crippen molar-refractivity contribution in [1.82, 2.24) is 0 Å². The van der Waals surface area contributed by atoms with Crippen molar-refractivity contribution in [1.29, 1.82) is 0 Å². The average molecular weight is 406 g/mol. The van der Waals surface area contributed by atoms with E-state index in [1.807, 2.05) is 78.9 Å². The van der Waals surface area contributed by atoms with Crippen LogP contribution in [0.2, 0.25) is 0 Å². The Morgan fingerprint density at radius 2 is 1.60 bits per heavy atom. The highest BCUT2D eigenvalue weighted by molar-refractivity contribution is 5.93. The number of anilines is 2. The summed E-state index contributed by atoms with van der Waals surface area (Å²) in [6, 6.07) is 24.7. The van der Waals surface area contributed by atoms with E-state index in [0.717, 1.165) is 17.0 Å². The lowest BCUT2D eigenvalue weighted by atomic mass is 10.2. The standard InChI is InChI=1S/C24H26N2O4/c1-28-14-15-29-22-12-10-20(11-13-22)25-17-24(27)26-21-8-5-9-23(16-21)30-18-19-6-3-2-4-7-19/h2-13,16,25H,14-15,17-18H2,1H3,(H,26,27). The Morgan fingerprint density at radius 3 is 2.37 bits per heavy atom. The van der Waals surface area contributed by atoms with Gasteiger partial charge >= 0.3 is 0 Å². The largest absolute Gasteiger partial charge is 0.491 e. The van der Waals surface area contributed by atoms with E-state index in [1.165, 1.54) is 0 Å². The van der Waals surface area contributed by atoms with Crippen LogP contribution in [0.4, 0.5) is 11.4 Å². The molecule has 30 heavy (non-hydrogen) atoms. The first kappa shape index (κ1) is 21.2. The van der Waals surface area contributed by atoms with E-state index in [1.54, 1.807) is 7.11 Å². The first-order valence-corrected chi connectivity index (χ1v) is 9.75. The predicted molar refractivity (Wildman–Crippen MR) is 118 cm³/mol. The van der Waals surface area contributed by atoms with Crippen LogP contribution in [-0.2, 0) is 16.1 Å². The number of rotatable bonds is 11. The molecule has 0 aromatic heterocycles. The maximum absolute atomic E-state index is 12.3. The number of hydrogen-bond donors (Lipinski definition) is 2. The van der Waals surface area contributed by atoms with Crippen LogP contribution in [0.25, 0.3) is 0 Å². The maximum atomic E-state index is 12.3. The topological polar surface area (TPSA) is 68.8 Å². The summed E-state index contributed by atoms with van der Waals surface area (Å²) in [6.45, 7) is 1.67. The summed E-state index contributed by atoms with van der Waals surface area (Å²) in [5.41, 5.74) is 2.62. The Labute approximate surface area is 176 Å². The number of hydrogen-bond acceptors (Lipinski definition) is 5. The monoisotopic (exact) mass is 406 g/mol. The van der Waals surface area contributed by atoms with Gasteiger partial charge in [-0.2, -0.15) is 0 Å². The zero-order valence-corrected chi connectivity index (χ0v) is 17.0. The zero-order chi connectivity index (χ0) is 21.0. The van der Waals surface area contributed by atoms with E-state index in [2.05, 4.69) is 10.6 Å². The second-order valence-corrected chi connectivity index (χ2v) is 6.57. The van der Waals surface area contributed by atoms with Crippen LogP contribution in [0.15, 0.2) is 78.9 Å². The Morgan fingerprint density at radius 1 is 0.800 bits per heavy atom. The SMILES string of the molecule is COCCOc1ccc(NCC(=O)Nc2cccc(OCc3ccccc3)c2)cc1. The van der Waals surface area contributed by atoms with Gasteiger partial charge in [0, 0.05) is 24.6 Å². The van der Waals surface area contributed by atoms with Crippen molar-refractivity contribution >= 4 is 17.3 Å². The number of methoxy groups -OCH3 is 1. The Hall–Kier alpha value is -3.51. The molecule has 0 radical (unpaired) electrons. The Kier molecular flexibility index (Phi) is 8.12. The molecule has 3 aromatic rings. The molecule has 3 aromatic carbocycles. The molecule has 0 spiro atoms. The Balaban J connectivity index is 1.44. The Bertz CT molecular complexity index is 914. The molecule has 156 valence electrons. The molecule has 0 bridgehead atoms. The molecule has 0 aliphatic heterocycles. The van der Waals surface area contributed by atoms with Crippen molar-refractivity contribution in [3.05, 3.63) is 84.4 Å². The highest BCUT2D eigenvalue weighted by atomic mass is 16.5. The van der Waals surface area contributed by atoms with Crippen molar-refractivity contribution < 1.29 is 19.0 Å². The fourth-order valence-electron chi connectivity index (χ4n) is 2.70. The molecule has 6 heteroatoms. The molecule has 0 heterocycles. The summed E-state index contributed by atoms with van der Waals surface area (Å²) >= 11 is 0. The van der Waals surface area contributed by atoms with Gasteiger partial charge in [0.15, 0.2) is 0 Å². The van der Waals surface area contributed by atoms with Gasteiger partial charge in [0.2, 0.25) is 5.91 Å². The molecule has 0 atom stereocenters. The minimum absolute atomic E-state index is 0.143. The van der Waals surface area contributed by atoms with Gasteiger partial charge in [-0.15, -0.1) is 0 Å². The minimum Gasteiger partial charge on any atom is -0.491 e. The van der Waals surface area contributed by atoms with Gasteiger partial charge in [-0.05, 0) is 42.0 Å². The lowest BCUT2D eigenvalue weighted by molar-refractivity contribution is -0.114. The van der Waals surface area contributed by atoms with Gasteiger partial charge in [0.05, 0.1) is 13.2 Å². The number of amides is 1. The third-order valence-corrected chi connectivity index (χ3v) is 4.23. The summed E-state index contributed by atoms with van der Waals surface area (Å²) < 4.78 is 16.3. The average Bonchev–Trinajstić information content (AvgIpc) is 2.78. The first-order valence-electron chi connectivity index (χ1n) is 9.75. The minimum atomic E-state index is -0.143. The third-order valence-electron chi connectivity index (χ3n) is 4.23. The molecular formula is C24H26N2O4. The van der Waals surface area contributed by atoms with Crippen molar-refractivity contribution in [2.75, 3.05) is 37.5 Å². The maximum Gasteiger partial charge on any atom is 0.243 e. The molecule has 2 N–H and O–H groups in total. The lowest BCUT2D eigenvalue weighted by Crippen LogP contribution is -2.21. The van der Waals surface area contributed by atoms with Gasteiger partial charge in [-0.1, -0.05) is 36.4 Å². The van der Waals surface area contributed by atoms with Crippen LogP contribution in [0.5, 0.6) is 11.5 Å². The smallest absolute Gasteiger partial charge is 0.243 e. The molecule has 0 aliphatic rings. The van der Waals surface area contributed by atoms with Crippen molar-refractivity contribution in [2.45, 2.75) is 6.61 Å². The second kappa shape index (κ2) is 11.5. The first-order chi connectivity index (χ1) is 14.7. The van der Waals surface area contributed by atoms with E-state index in [9.17, 15) is 4.79 Å². The normalized spacial score (nSPS) is 10.3. The van der Waals surface area contributed by atoms with Crippen LogP contribution in [-0.4, -0.2) is 32.8 Å². The van der Waals surface area contributed by atoms with Crippen LogP contribution in [0.1, 0.15) is 5.56 Å². The van der Waals surface area contributed by atoms with Crippen LogP contribution < -0.4 is 20.1 Å². The number of carbonyl (C=O) groups excluding carboxylic acids is 1. The van der Waals surface area contributed by atoms with Crippen molar-refractivity contribution in [3.63, 3.8) is 0 Å². The third kappa shape index (κ3) is 7.14. The summed E-state index contributed by atoms with van der Waals surface area (Å²) in [7, 11) is 1.63. The second-order valence-electron chi connectivity index (χ2n) is 6.57. The number of ether oxygens (including phenoxy) is 3. The van der Waals surface area contributed by atoms with E-state index >= 15 is 0 Å². The summed E-state index contributed by atoms with van der Waals surface area (Å²) in [6.07, 6.45) is 0. The summed E-state index contributed by atoms with van der Waals surface area (Å²) in [5.74, 6) is 1.32. The molecule has 6 nitrogen and oxygen atoms in total. The highest BCUT2D eigenvalue weighted by Gasteiger charge is 2.04. The van der Waals surface area contributed by atoms with Gasteiger partial charge in [-0.25, -0.2) is 0 Å². The molecule has 3 rings (SSSR count). The van der Waals surface area contributed by atoms with Crippen LogP contribution in [0.3, 0.4) is 0 Å². The number of carbonyl (C=O) groups is 1. The predicted octanol–water partition coefficient (Wildman–Crippen LogP) is 4.34. The van der Waals surface area contributed by atoms with E-state index in [4.69, 9.17) is 14.2 Å². The zero-order valence-electron chi connectivity index (χ0n) is 17.0. The molecule has 1 amide bonds. The number of nitrogens with one attached hydrogen (secondary N) is 2. The summed E-state index contributed by atoms with van der Waals surface area (Å²) in [5, 5.41) is 5.97. The van der Waals surface area contributed by atoms with E-state index < -0.39 is 0 Å². The van der Waals surface area contributed by atoms with Crippen LogP contribution >= 0.6 is 0 Å². The molecule has 0 saturated heterocycles. The molecular weight excluding hydrogens is 380 g/mol. The fourth-order valence-corrected chi connectivity index (χ4v) is 2.70. The highest BCUT2D eigenvalue weighted by Crippen LogP contribution is 2.19. The van der Waals surface area contributed by atoms with E-state index in [0.29, 0.717) is 31.3 Å². The summed E-state index contributed by atoms with van der Waals surface area (Å²) in [4.78, 5) is 12.3. The van der Waals surface area contributed by atoms with Gasteiger partial charge < -0.3 is 24.8 Å². The molecule has 0 unspecified atom stereocenters. The molecule has 0 fully saturated rings.